The van der Waals surface area contributed by atoms with Crippen LogP contribution in [-0.4, -0.2) is 69.7 Å². The lowest BCUT2D eigenvalue weighted by Crippen LogP contribution is -2.46. The van der Waals surface area contributed by atoms with Gasteiger partial charge in [-0.25, -0.2) is 18.4 Å². The molecule has 1 unspecified atom stereocenters. The Balaban J connectivity index is 2.14. The number of aliphatic hydroxyl groups is 2. The molecule has 0 saturated carbocycles. The summed E-state index contributed by atoms with van der Waals surface area (Å²) in [6.07, 6.45) is -3.43. The van der Waals surface area contributed by atoms with E-state index in [-0.39, 0.29) is 0 Å². The summed E-state index contributed by atoms with van der Waals surface area (Å²) in [6, 6.07) is 1.02. The van der Waals surface area contributed by atoms with Gasteiger partial charge in [-0.05, 0) is 48.5 Å². The van der Waals surface area contributed by atoms with Gasteiger partial charge < -0.3 is 24.4 Å². The lowest BCUT2D eigenvalue weighted by Gasteiger charge is -2.27. The molecule has 0 radical (unpaired) electrons. The molecule has 1 fully saturated rings. The van der Waals surface area contributed by atoms with Gasteiger partial charge in [0.25, 0.3) is 5.56 Å². The maximum absolute atomic E-state index is 13.2. The quantitative estimate of drug-likeness (QED) is 0.204. The van der Waals surface area contributed by atoms with Crippen LogP contribution in [0.2, 0.25) is 0 Å². The van der Waals surface area contributed by atoms with E-state index in [0.29, 0.717) is 0 Å². The van der Waals surface area contributed by atoms with Crippen molar-refractivity contribution in [1.29, 1.82) is 0 Å². The average Bonchev–Trinajstić information content (AvgIpc) is 3.00. The van der Waals surface area contributed by atoms with Crippen molar-refractivity contribution in [3.8, 4) is 0 Å². The zero-order valence-corrected chi connectivity index (χ0v) is 23.2. The average molecular weight is 566 g/mol. The second kappa shape index (κ2) is 11.8. The Morgan fingerprint density at radius 1 is 1.05 bits per heavy atom. The number of aromatic nitrogens is 2. The molecule has 0 spiro atoms. The highest BCUT2D eigenvalue weighted by Gasteiger charge is 2.54. The van der Waals surface area contributed by atoms with Crippen molar-refractivity contribution in [3.05, 3.63) is 33.1 Å². The fourth-order valence-corrected chi connectivity index (χ4v) is 3.90. The number of ether oxygens (including phenoxy) is 3. The molecule has 4 atom stereocenters. The molecule has 0 aromatic carbocycles. The summed E-state index contributed by atoms with van der Waals surface area (Å²) in [6.45, 7) is 8.31. The summed E-state index contributed by atoms with van der Waals surface area (Å²) < 4.78 is 44.8. The first-order valence-electron chi connectivity index (χ1n) is 11.5. The van der Waals surface area contributed by atoms with E-state index in [9.17, 15) is 34.0 Å². The molecule has 16 heteroatoms. The lowest BCUT2D eigenvalue weighted by molar-refractivity contribution is -0.163. The van der Waals surface area contributed by atoms with Gasteiger partial charge in [-0.2, -0.15) is 0 Å². The molecule has 1 aliphatic rings. The Hall–Kier alpha value is -2.39. The third-order valence-corrected chi connectivity index (χ3v) is 6.59. The van der Waals surface area contributed by atoms with E-state index in [0.717, 1.165) is 16.8 Å². The fourth-order valence-electron chi connectivity index (χ4n) is 2.99. The monoisotopic (exact) mass is 566 g/mol. The molecule has 38 heavy (non-hydrogen) atoms. The lowest BCUT2D eigenvalue weighted by atomic mass is 9.96. The predicted molar refractivity (Wildman–Crippen MR) is 128 cm³/mol. The van der Waals surface area contributed by atoms with E-state index in [4.69, 9.17) is 27.8 Å². The Labute approximate surface area is 218 Å². The van der Waals surface area contributed by atoms with E-state index >= 15 is 0 Å². The fraction of sp³-hybridized carbons (Fsp3) is 0.727. The van der Waals surface area contributed by atoms with Crippen molar-refractivity contribution < 1.29 is 52.1 Å². The summed E-state index contributed by atoms with van der Waals surface area (Å²) in [5.74, 6) is -1.36. The highest BCUT2D eigenvalue weighted by molar-refractivity contribution is 7.48. The third-order valence-electron chi connectivity index (χ3n) is 5.28. The van der Waals surface area contributed by atoms with Gasteiger partial charge in [0.2, 0.25) is 13.6 Å². The van der Waals surface area contributed by atoms with Crippen molar-refractivity contribution in [1.82, 2.24) is 9.55 Å². The number of aliphatic hydroxyl groups excluding tert-OH is 1. The summed E-state index contributed by atoms with van der Waals surface area (Å²) in [4.78, 5) is 49.5. The second-order valence-electron chi connectivity index (χ2n) is 10.8. The topological polar surface area (TPSA) is 202 Å². The molecule has 1 aliphatic heterocycles. The summed E-state index contributed by atoms with van der Waals surface area (Å²) in [7, 11) is -4.61. The van der Waals surface area contributed by atoms with Crippen molar-refractivity contribution >= 4 is 19.8 Å². The Kier molecular flexibility index (Phi) is 9.87. The van der Waals surface area contributed by atoms with Crippen LogP contribution in [0.1, 0.15) is 54.7 Å². The van der Waals surface area contributed by atoms with Gasteiger partial charge in [0.05, 0.1) is 17.4 Å². The molecule has 216 valence electrons. The van der Waals surface area contributed by atoms with Gasteiger partial charge >= 0.3 is 25.5 Å². The zero-order valence-electron chi connectivity index (χ0n) is 22.3. The minimum Gasteiger partial charge on any atom is -0.437 e. The molecule has 0 bridgehead atoms. The van der Waals surface area contributed by atoms with Crippen LogP contribution in [0, 0.1) is 10.8 Å². The minimum absolute atomic E-state index is 0.678. The molecule has 1 aromatic heterocycles. The van der Waals surface area contributed by atoms with E-state index in [1.807, 2.05) is 4.98 Å². The maximum Gasteiger partial charge on any atom is 0.480 e. The van der Waals surface area contributed by atoms with Crippen LogP contribution >= 0.6 is 7.82 Å². The Morgan fingerprint density at radius 3 is 2.00 bits per heavy atom. The molecule has 2 heterocycles. The van der Waals surface area contributed by atoms with Crippen molar-refractivity contribution in [2.24, 2.45) is 10.8 Å². The van der Waals surface area contributed by atoms with E-state index in [1.165, 1.54) is 6.92 Å². The van der Waals surface area contributed by atoms with Crippen LogP contribution in [0.25, 0.3) is 0 Å². The molecule has 0 aliphatic carbocycles. The van der Waals surface area contributed by atoms with Crippen molar-refractivity contribution in [2.45, 2.75) is 72.5 Å². The third kappa shape index (κ3) is 8.06. The number of phosphoric ester groups is 1. The summed E-state index contributed by atoms with van der Waals surface area (Å²) in [5, 5.41) is 21.4. The van der Waals surface area contributed by atoms with Crippen LogP contribution in [0.5, 0.6) is 0 Å². The van der Waals surface area contributed by atoms with Crippen LogP contribution in [0.15, 0.2) is 21.9 Å². The summed E-state index contributed by atoms with van der Waals surface area (Å²) in [5.41, 5.74) is -5.42. The SMILES string of the molecule is CC(C)(C)C(=O)OCOP(=O)(OCOC(=O)C(C)(C)C)OC[C@H]1O[C@@H](n2ccc(=O)[nH]c2=O)C(C)(O)[C@H]1O. The molecule has 15 nitrogen and oxygen atoms in total. The Bertz CT molecular complexity index is 1130. The minimum atomic E-state index is -4.61. The van der Waals surface area contributed by atoms with E-state index in [1.54, 1.807) is 41.5 Å². The Morgan fingerprint density at radius 2 is 1.55 bits per heavy atom. The molecule has 3 N–H and O–H groups in total. The van der Waals surface area contributed by atoms with E-state index in [2.05, 4.69) is 0 Å². The maximum atomic E-state index is 13.2. The van der Waals surface area contributed by atoms with Gasteiger partial charge in [-0.3, -0.25) is 28.5 Å². The first kappa shape index (κ1) is 31.8. The van der Waals surface area contributed by atoms with Gasteiger partial charge in [0, 0.05) is 12.3 Å². The summed E-state index contributed by atoms with van der Waals surface area (Å²) >= 11 is 0. The van der Waals surface area contributed by atoms with Gasteiger partial charge in [-0.15, -0.1) is 0 Å². The van der Waals surface area contributed by atoms with Crippen LogP contribution in [0.3, 0.4) is 0 Å². The molecule has 2 rings (SSSR count). The number of H-pyrrole nitrogens is 1. The molecule has 1 saturated heterocycles. The molecule has 0 amide bonds. The number of esters is 2. The van der Waals surface area contributed by atoms with Crippen LogP contribution in [0.4, 0.5) is 0 Å². The number of rotatable bonds is 10. The first-order valence-corrected chi connectivity index (χ1v) is 13.0. The number of nitrogens with one attached hydrogen (secondary N) is 1. The highest BCUT2D eigenvalue weighted by atomic mass is 31.2. The molecule has 1 aromatic rings. The zero-order chi connectivity index (χ0) is 29.1. The van der Waals surface area contributed by atoms with Gasteiger partial charge in [0.15, 0.2) is 6.23 Å². The number of carbonyl (C=O) groups is 2. The smallest absolute Gasteiger partial charge is 0.437 e. The molecular weight excluding hydrogens is 531 g/mol. The van der Waals surface area contributed by atoms with E-state index < -0.39 is 86.1 Å². The van der Waals surface area contributed by atoms with Crippen LogP contribution < -0.4 is 11.2 Å². The second-order valence-corrected chi connectivity index (χ2v) is 12.5. The molecular formula is C22H35N2O13P. The van der Waals surface area contributed by atoms with Gasteiger partial charge in [0.1, 0.15) is 17.8 Å². The predicted octanol–water partition coefficient (Wildman–Crippen LogP) is 0.797. The largest absolute Gasteiger partial charge is 0.480 e. The number of nitrogens with zero attached hydrogens (tertiary/aromatic N) is 1. The first-order chi connectivity index (χ1) is 17.3. The highest BCUT2D eigenvalue weighted by Crippen LogP contribution is 2.50. The number of phosphoric acid groups is 1. The number of hydrogen-bond donors (Lipinski definition) is 3. The van der Waals surface area contributed by atoms with Crippen LogP contribution in [-0.2, 0) is 41.9 Å². The van der Waals surface area contributed by atoms with Crippen molar-refractivity contribution in [2.75, 3.05) is 20.2 Å². The normalized spacial score (nSPS) is 24.3. The van der Waals surface area contributed by atoms with Crippen molar-refractivity contribution in [3.63, 3.8) is 0 Å². The van der Waals surface area contributed by atoms with Gasteiger partial charge in [-0.1, -0.05) is 0 Å². The number of carbonyl (C=O) groups excluding carboxylic acids is 2. The standard InChI is InChI=1S/C22H35N2O13P/c1-20(2,3)17(27)32-11-35-38(31,36-12-33-18(28)21(4,5)6)34-10-13-15(26)22(7,30)16(37-13)24-9-8-14(25)23-19(24)29/h8-9,13,15-16,26,30H,10-12H2,1-7H3,(H,23,25,29)/t13-,15+,16-,22?/m1/s1. The number of aromatic amines is 1. The number of hydrogen-bond acceptors (Lipinski definition) is 13.